The van der Waals surface area contributed by atoms with Gasteiger partial charge in [0.15, 0.2) is 0 Å². The molecule has 0 N–H and O–H groups in total. The van der Waals surface area contributed by atoms with Crippen LogP contribution in [0, 0.1) is 0 Å². The average molecular weight is 281 g/mol. The lowest BCUT2D eigenvalue weighted by Gasteiger charge is -2.01. The van der Waals surface area contributed by atoms with Gasteiger partial charge in [0.25, 0.3) is 0 Å². The van der Waals surface area contributed by atoms with Crippen LogP contribution < -0.4 is 0 Å². The SMILES string of the molecule is CSc1ccc(-c2cccc(Br)n2)cn1. The highest BCUT2D eigenvalue weighted by atomic mass is 79.9. The van der Waals surface area contributed by atoms with E-state index in [0.717, 1.165) is 20.9 Å². The van der Waals surface area contributed by atoms with Gasteiger partial charge in [-0.25, -0.2) is 9.97 Å². The van der Waals surface area contributed by atoms with Crippen LogP contribution in [0.15, 0.2) is 46.2 Å². The summed E-state index contributed by atoms with van der Waals surface area (Å²) in [6.45, 7) is 0. The Morgan fingerprint density at radius 3 is 2.67 bits per heavy atom. The minimum atomic E-state index is 0.842. The van der Waals surface area contributed by atoms with Gasteiger partial charge in [-0.3, -0.25) is 0 Å². The molecule has 0 atom stereocenters. The van der Waals surface area contributed by atoms with Crippen molar-refractivity contribution in [3.8, 4) is 11.3 Å². The summed E-state index contributed by atoms with van der Waals surface area (Å²) < 4.78 is 0.842. The molecule has 0 bridgehead atoms. The molecule has 2 aromatic heterocycles. The van der Waals surface area contributed by atoms with E-state index in [4.69, 9.17) is 0 Å². The summed E-state index contributed by atoms with van der Waals surface area (Å²) in [7, 11) is 0. The van der Waals surface area contributed by atoms with Crippen molar-refractivity contribution in [1.29, 1.82) is 0 Å². The van der Waals surface area contributed by atoms with E-state index in [-0.39, 0.29) is 0 Å². The van der Waals surface area contributed by atoms with Gasteiger partial charge in [-0.2, -0.15) is 0 Å². The molecule has 4 heteroatoms. The van der Waals surface area contributed by atoms with Crippen LogP contribution in [-0.4, -0.2) is 16.2 Å². The van der Waals surface area contributed by atoms with Gasteiger partial charge in [0.05, 0.1) is 10.7 Å². The van der Waals surface area contributed by atoms with Crippen LogP contribution in [-0.2, 0) is 0 Å². The van der Waals surface area contributed by atoms with Crippen molar-refractivity contribution in [3.63, 3.8) is 0 Å². The number of rotatable bonds is 2. The minimum Gasteiger partial charge on any atom is -0.249 e. The third-order valence-electron chi connectivity index (χ3n) is 1.96. The summed E-state index contributed by atoms with van der Waals surface area (Å²) in [4.78, 5) is 8.68. The molecule has 2 rings (SSSR count). The molecule has 2 heterocycles. The van der Waals surface area contributed by atoms with Crippen molar-refractivity contribution < 1.29 is 0 Å². The van der Waals surface area contributed by atoms with E-state index < -0.39 is 0 Å². The van der Waals surface area contributed by atoms with E-state index >= 15 is 0 Å². The van der Waals surface area contributed by atoms with Crippen LogP contribution in [0.3, 0.4) is 0 Å². The smallest absolute Gasteiger partial charge is 0.106 e. The van der Waals surface area contributed by atoms with Gasteiger partial charge in [-0.05, 0) is 46.5 Å². The second-order valence-electron chi connectivity index (χ2n) is 2.93. The van der Waals surface area contributed by atoms with Crippen LogP contribution in [0.4, 0.5) is 0 Å². The van der Waals surface area contributed by atoms with Gasteiger partial charge in [0, 0.05) is 11.8 Å². The molecular formula is C11H9BrN2S. The molecule has 0 saturated carbocycles. The van der Waals surface area contributed by atoms with E-state index in [1.165, 1.54) is 0 Å². The molecule has 76 valence electrons. The van der Waals surface area contributed by atoms with E-state index in [1.54, 1.807) is 11.8 Å². The lowest BCUT2D eigenvalue weighted by molar-refractivity contribution is 1.13. The molecule has 0 fully saturated rings. The topological polar surface area (TPSA) is 25.8 Å². The van der Waals surface area contributed by atoms with Crippen molar-refractivity contribution in [2.24, 2.45) is 0 Å². The zero-order valence-electron chi connectivity index (χ0n) is 8.14. The Kier molecular flexibility index (Phi) is 3.38. The number of nitrogens with zero attached hydrogens (tertiary/aromatic N) is 2. The van der Waals surface area contributed by atoms with Crippen LogP contribution in [0.25, 0.3) is 11.3 Å². The first-order valence-electron chi connectivity index (χ1n) is 4.42. The Morgan fingerprint density at radius 2 is 2.07 bits per heavy atom. The molecule has 2 aromatic rings. The Balaban J connectivity index is 2.37. The zero-order chi connectivity index (χ0) is 10.7. The molecule has 0 spiro atoms. The predicted molar refractivity (Wildman–Crippen MR) is 66.9 cm³/mol. The number of halogens is 1. The zero-order valence-corrected chi connectivity index (χ0v) is 10.5. The third kappa shape index (κ3) is 2.58. The average Bonchev–Trinajstić information content (AvgIpc) is 2.29. The van der Waals surface area contributed by atoms with Gasteiger partial charge in [-0.1, -0.05) is 6.07 Å². The highest BCUT2D eigenvalue weighted by molar-refractivity contribution is 9.10. The molecule has 15 heavy (non-hydrogen) atoms. The summed E-state index contributed by atoms with van der Waals surface area (Å²) in [6, 6.07) is 9.89. The quantitative estimate of drug-likeness (QED) is 0.621. The Morgan fingerprint density at radius 1 is 1.20 bits per heavy atom. The molecule has 0 radical (unpaired) electrons. The Bertz CT molecular complexity index is 456. The monoisotopic (exact) mass is 280 g/mol. The van der Waals surface area contributed by atoms with Crippen molar-refractivity contribution in [1.82, 2.24) is 9.97 Å². The highest BCUT2D eigenvalue weighted by Crippen LogP contribution is 2.20. The first-order valence-corrected chi connectivity index (χ1v) is 6.44. The van der Waals surface area contributed by atoms with Gasteiger partial charge in [-0.15, -0.1) is 11.8 Å². The molecule has 0 aromatic carbocycles. The first-order chi connectivity index (χ1) is 7.29. The second kappa shape index (κ2) is 4.77. The fraction of sp³-hybridized carbons (Fsp3) is 0.0909. The number of hydrogen-bond donors (Lipinski definition) is 0. The second-order valence-corrected chi connectivity index (χ2v) is 4.57. The Labute approximate surface area is 101 Å². The molecule has 0 aliphatic heterocycles. The summed E-state index contributed by atoms with van der Waals surface area (Å²) in [6.07, 6.45) is 3.86. The van der Waals surface area contributed by atoms with E-state index in [2.05, 4.69) is 25.9 Å². The maximum Gasteiger partial charge on any atom is 0.106 e. The highest BCUT2D eigenvalue weighted by Gasteiger charge is 2.00. The van der Waals surface area contributed by atoms with Gasteiger partial charge in [0.1, 0.15) is 4.60 Å². The molecule has 0 saturated heterocycles. The maximum absolute atomic E-state index is 4.37. The van der Waals surface area contributed by atoms with E-state index in [1.807, 2.05) is 42.8 Å². The largest absolute Gasteiger partial charge is 0.249 e. The van der Waals surface area contributed by atoms with Crippen molar-refractivity contribution in [3.05, 3.63) is 41.1 Å². The predicted octanol–water partition coefficient (Wildman–Crippen LogP) is 3.63. The van der Waals surface area contributed by atoms with E-state index in [9.17, 15) is 0 Å². The normalized spacial score (nSPS) is 10.3. The molecule has 0 unspecified atom stereocenters. The number of hydrogen-bond acceptors (Lipinski definition) is 3. The van der Waals surface area contributed by atoms with Crippen LogP contribution in [0.2, 0.25) is 0 Å². The molecule has 0 aliphatic rings. The lowest BCUT2D eigenvalue weighted by Crippen LogP contribution is -1.85. The van der Waals surface area contributed by atoms with Crippen LogP contribution in [0.1, 0.15) is 0 Å². The standard InChI is InChI=1S/C11H9BrN2S/c1-15-11-6-5-8(7-13-11)9-3-2-4-10(12)14-9/h2-7H,1H3. The number of thioether (sulfide) groups is 1. The van der Waals surface area contributed by atoms with Crippen molar-refractivity contribution in [2.75, 3.05) is 6.26 Å². The van der Waals surface area contributed by atoms with Crippen molar-refractivity contribution in [2.45, 2.75) is 5.03 Å². The molecule has 0 aliphatic carbocycles. The molecule has 2 nitrogen and oxygen atoms in total. The van der Waals surface area contributed by atoms with Crippen LogP contribution >= 0.6 is 27.7 Å². The van der Waals surface area contributed by atoms with Gasteiger partial charge in [0.2, 0.25) is 0 Å². The minimum absolute atomic E-state index is 0.842. The Hall–Kier alpha value is -0.870. The van der Waals surface area contributed by atoms with Crippen molar-refractivity contribution >= 4 is 27.7 Å². The van der Waals surface area contributed by atoms with E-state index in [0.29, 0.717) is 0 Å². The van der Waals surface area contributed by atoms with Gasteiger partial charge < -0.3 is 0 Å². The summed E-state index contributed by atoms with van der Waals surface area (Å²) >= 11 is 4.99. The third-order valence-corrected chi connectivity index (χ3v) is 3.06. The number of aromatic nitrogens is 2. The molecular weight excluding hydrogens is 272 g/mol. The lowest BCUT2D eigenvalue weighted by atomic mass is 10.2. The summed E-state index contributed by atoms with van der Waals surface area (Å²) in [5, 5.41) is 1.02. The van der Waals surface area contributed by atoms with Crippen LogP contribution in [0.5, 0.6) is 0 Å². The van der Waals surface area contributed by atoms with Gasteiger partial charge >= 0.3 is 0 Å². The molecule has 0 amide bonds. The first kappa shape index (κ1) is 10.6. The fourth-order valence-corrected chi connectivity index (χ4v) is 1.93. The fourth-order valence-electron chi connectivity index (χ4n) is 1.22. The maximum atomic E-state index is 4.37. The summed E-state index contributed by atoms with van der Waals surface area (Å²) in [5.74, 6) is 0. The number of pyridine rings is 2. The summed E-state index contributed by atoms with van der Waals surface area (Å²) in [5.41, 5.74) is 1.97.